The van der Waals surface area contributed by atoms with Crippen molar-refractivity contribution in [2.24, 2.45) is 5.73 Å². The monoisotopic (exact) mass is 297 g/mol. The summed E-state index contributed by atoms with van der Waals surface area (Å²) < 4.78 is 5.08. The number of imide groups is 1. The predicted octanol–water partition coefficient (Wildman–Crippen LogP) is 0.257. The van der Waals surface area contributed by atoms with E-state index in [1.165, 1.54) is 6.07 Å². The predicted molar refractivity (Wildman–Crippen MR) is 67.9 cm³/mol. The fourth-order valence-electron chi connectivity index (χ4n) is 1.40. The number of benzene rings is 1. The lowest BCUT2D eigenvalue weighted by atomic mass is 10.1. The molecule has 0 atom stereocenters. The van der Waals surface area contributed by atoms with E-state index in [9.17, 15) is 24.5 Å². The topological polar surface area (TPSA) is 162 Å². The fourth-order valence-corrected chi connectivity index (χ4v) is 1.40. The summed E-state index contributed by atoms with van der Waals surface area (Å²) in [6.07, 6.45) is -0.192. The van der Waals surface area contributed by atoms with Gasteiger partial charge in [-0.15, -0.1) is 0 Å². The second kappa shape index (κ2) is 6.84. The first-order valence-corrected chi connectivity index (χ1v) is 5.55. The Kier molecular flexibility index (Phi) is 5.17. The molecule has 10 heteroatoms. The maximum Gasteiger partial charge on any atom is 0.342 e. The number of nitro groups is 1. The Morgan fingerprint density at radius 2 is 2.05 bits per heavy atom. The zero-order chi connectivity index (χ0) is 16.0. The Bertz CT molecular complexity index is 599. The maximum absolute atomic E-state index is 11.1. The van der Waals surface area contributed by atoms with Crippen LogP contribution in [0.4, 0.5) is 10.5 Å². The number of hydrogen-bond donors (Lipinski definition) is 3. The fraction of sp³-hybridized carbons (Fsp3) is 0.182. The van der Waals surface area contributed by atoms with Crippen LogP contribution < -0.4 is 15.8 Å². The Morgan fingerprint density at radius 1 is 1.38 bits per heavy atom. The highest BCUT2D eigenvalue weighted by atomic mass is 16.6. The van der Waals surface area contributed by atoms with Crippen molar-refractivity contribution in [2.45, 2.75) is 6.42 Å². The van der Waals surface area contributed by atoms with Gasteiger partial charge in [-0.25, -0.2) is 9.59 Å². The SMILES string of the molecule is NC(=O)NC(=O)CCOc1ccc([N+](=O)[O-])c(C(=O)O)c1. The van der Waals surface area contributed by atoms with Gasteiger partial charge in [-0.2, -0.15) is 0 Å². The summed E-state index contributed by atoms with van der Waals surface area (Å²) in [7, 11) is 0. The summed E-state index contributed by atoms with van der Waals surface area (Å²) in [5.74, 6) is -2.09. The lowest BCUT2D eigenvalue weighted by Gasteiger charge is -2.07. The highest BCUT2D eigenvalue weighted by Gasteiger charge is 2.20. The summed E-state index contributed by atoms with van der Waals surface area (Å²) in [6, 6.07) is 2.18. The van der Waals surface area contributed by atoms with Gasteiger partial charge in [0.2, 0.25) is 5.91 Å². The number of aromatic carboxylic acids is 1. The highest BCUT2D eigenvalue weighted by molar-refractivity contribution is 5.93. The largest absolute Gasteiger partial charge is 0.493 e. The van der Waals surface area contributed by atoms with Crippen molar-refractivity contribution < 1.29 is 29.2 Å². The van der Waals surface area contributed by atoms with Crippen molar-refractivity contribution in [3.8, 4) is 5.75 Å². The van der Waals surface area contributed by atoms with Crippen molar-refractivity contribution in [1.82, 2.24) is 5.32 Å². The van der Waals surface area contributed by atoms with E-state index in [2.05, 4.69) is 0 Å². The number of nitrogens with one attached hydrogen (secondary N) is 1. The number of rotatable bonds is 6. The summed E-state index contributed by atoms with van der Waals surface area (Å²) in [5, 5.41) is 21.3. The normalized spacial score (nSPS) is 9.71. The first-order chi connectivity index (χ1) is 9.81. The molecular formula is C11H11N3O7. The highest BCUT2D eigenvalue weighted by Crippen LogP contribution is 2.24. The summed E-state index contributed by atoms with van der Waals surface area (Å²) in [4.78, 5) is 42.2. The van der Waals surface area contributed by atoms with Gasteiger partial charge in [-0.05, 0) is 6.07 Å². The van der Waals surface area contributed by atoms with Crippen LogP contribution in [0.2, 0.25) is 0 Å². The second-order valence-electron chi connectivity index (χ2n) is 3.75. The number of carboxylic acids is 1. The van der Waals surface area contributed by atoms with Crippen molar-refractivity contribution in [1.29, 1.82) is 0 Å². The Labute approximate surface area is 117 Å². The lowest BCUT2D eigenvalue weighted by Crippen LogP contribution is -2.35. The Hall–Kier alpha value is -3.17. The molecule has 0 saturated heterocycles. The van der Waals surface area contributed by atoms with Gasteiger partial charge in [-0.1, -0.05) is 0 Å². The van der Waals surface area contributed by atoms with Crippen LogP contribution in [0.3, 0.4) is 0 Å². The minimum absolute atomic E-state index is 0.0462. The number of nitrogens with two attached hydrogens (primary N) is 1. The van der Waals surface area contributed by atoms with E-state index in [0.29, 0.717) is 0 Å². The molecule has 1 aromatic carbocycles. The number of hydrogen-bond acceptors (Lipinski definition) is 6. The molecule has 0 fully saturated rings. The zero-order valence-corrected chi connectivity index (χ0v) is 10.6. The van der Waals surface area contributed by atoms with Crippen molar-refractivity contribution in [3.63, 3.8) is 0 Å². The van der Waals surface area contributed by atoms with Crippen molar-refractivity contribution >= 4 is 23.6 Å². The molecule has 0 aliphatic heterocycles. The molecule has 10 nitrogen and oxygen atoms in total. The molecule has 0 aromatic heterocycles. The van der Waals surface area contributed by atoms with Gasteiger partial charge in [0.15, 0.2) is 0 Å². The molecular weight excluding hydrogens is 286 g/mol. The third-order valence-electron chi connectivity index (χ3n) is 2.26. The standard InChI is InChI=1S/C11H11N3O7/c12-11(18)13-9(15)3-4-21-6-1-2-8(14(19)20)7(5-6)10(16)17/h1-2,5H,3-4H2,(H,16,17)(H3,12,13,15,18). The van der Waals surface area contributed by atoms with Gasteiger partial charge in [0.1, 0.15) is 11.3 Å². The molecule has 1 aromatic rings. The van der Waals surface area contributed by atoms with E-state index < -0.39 is 34.1 Å². The number of nitrogens with zero attached hydrogens (tertiary/aromatic N) is 1. The van der Waals surface area contributed by atoms with Gasteiger partial charge in [0.05, 0.1) is 18.0 Å². The van der Waals surface area contributed by atoms with E-state index in [1.807, 2.05) is 5.32 Å². The number of nitro benzene ring substituents is 1. The molecule has 3 amide bonds. The van der Waals surface area contributed by atoms with Gasteiger partial charge in [-0.3, -0.25) is 20.2 Å². The molecule has 0 heterocycles. The third kappa shape index (κ3) is 4.78. The molecule has 112 valence electrons. The molecule has 21 heavy (non-hydrogen) atoms. The number of carbonyl (C=O) groups is 3. The summed E-state index contributed by atoms with van der Waals surface area (Å²) in [5.41, 5.74) is 3.64. The van der Waals surface area contributed by atoms with Gasteiger partial charge in [0, 0.05) is 12.1 Å². The minimum Gasteiger partial charge on any atom is -0.493 e. The van der Waals surface area contributed by atoms with Crippen LogP contribution in [0.15, 0.2) is 18.2 Å². The van der Waals surface area contributed by atoms with Gasteiger partial charge in [0.25, 0.3) is 5.69 Å². The quantitative estimate of drug-likeness (QED) is 0.500. The van der Waals surface area contributed by atoms with Gasteiger partial charge >= 0.3 is 12.0 Å². The minimum atomic E-state index is -1.47. The number of carbonyl (C=O) groups excluding carboxylic acids is 2. The van der Waals surface area contributed by atoms with Gasteiger partial charge < -0.3 is 15.6 Å². The Balaban J connectivity index is 2.71. The number of urea groups is 1. The maximum atomic E-state index is 11.1. The Morgan fingerprint density at radius 3 is 2.57 bits per heavy atom. The van der Waals surface area contributed by atoms with E-state index in [0.717, 1.165) is 12.1 Å². The van der Waals surface area contributed by atoms with Crippen LogP contribution in [0.5, 0.6) is 5.75 Å². The first kappa shape index (κ1) is 15.9. The molecule has 4 N–H and O–H groups in total. The van der Waals surface area contributed by atoms with Crippen LogP contribution in [0.25, 0.3) is 0 Å². The average molecular weight is 297 g/mol. The van der Waals surface area contributed by atoms with Crippen LogP contribution in [0, 0.1) is 10.1 Å². The second-order valence-corrected chi connectivity index (χ2v) is 3.75. The molecule has 1 rings (SSSR count). The molecule has 0 saturated carbocycles. The third-order valence-corrected chi connectivity index (χ3v) is 2.26. The molecule has 0 bridgehead atoms. The van der Waals surface area contributed by atoms with Crippen molar-refractivity contribution in [2.75, 3.05) is 6.61 Å². The lowest BCUT2D eigenvalue weighted by molar-refractivity contribution is -0.385. The molecule has 0 aliphatic carbocycles. The van der Waals surface area contributed by atoms with Crippen molar-refractivity contribution in [3.05, 3.63) is 33.9 Å². The number of primary amides is 1. The molecule has 0 unspecified atom stereocenters. The number of carboxylic acid groups (broad SMARTS) is 1. The molecule has 0 radical (unpaired) electrons. The average Bonchev–Trinajstić information content (AvgIpc) is 2.37. The molecule has 0 aliphatic rings. The van der Waals surface area contributed by atoms with Crippen LogP contribution in [-0.2, 0) is 4.79 Å². The van der Waals surface area contributed by atoms with Crippen LogP contribution >= 0.6 is 0 Å². The number of ether oxygens (including phenoxy) is 1. The van der Waals surface area contributed by atoms with E-state index in [1.54, 1.807) is 0 Å². The van der Waals surface area contributed by atoms with E-state index in [4.69, 9.17) is 15.6 Å². The van der Waals surface area contributed by atoms with Crippen LogP contribution in [0.1, 0.15) is 16.8 Å². The van der Waals surface area contributed by atoms with Crippen LogP contribution in [-0.4, -0.2) is 34.5 Å². The number of amides is 3. The smallest absolute Gasteiger partial charge is 0.342 e. The zero-order valence-electron chi connectivity index (χ0n) is 10.6. The van der Waals surface area contributed by atoms with E-state index >= 15 is 0 Å². The summed E-state index contributed by atoms with van der Waals surface area (Å²) in [6.45, 7) is -0.157. The summed E-state index contributed by atoms with van der Waals surface area (Å²) >= 11 is 0. The van der Waals surface area contributed by atoms with E-state index in [-0.39, 0.29) is 18.8 Å². The first-order valence-electron chi connectivity index (χ1n) is 5.55. The molecule has 0 spiro atoms.